The number of aromatic nitrogens is 2. The highest BCUT2D eigenvalue weighted by molar-refractivity contribution is 7.10. The average Bonchev–Trinajstić information content (AvgIpc) is 2.75. The lowest BCUT2D eigenvalue weighted by atomic mass is 10.3. The van der Waals surface area contributed by atoms with Crippen LogP contribution in [0, 0.1) is 6.92 Å². The van der Waals surface area contributed by atoms with Crippen molar-refractivity contribution in [2.24, 2.45) is 0 Å². The van der Waals surface area contributed by atoms with Gasteiger partial charge in [0.1, 0.15) is 5.69 Å². The summed E-state index contributed by atoms with van der Waals surface area (Å²) in [5, 5.41) is 14.9. The summed E-state index contributed by atoms with van der Waals surface area (Å²) in [6.45, 7) is 2.54. The van der Waals surface area contributed by atoms with E-state index in [0.717, 1.165) is 5.56 Å². The number of thiophene rings is 1. The minimum absolute atomic E-state index is 0.221. The predicted octanol–water partition coefficient (Wildman–Crippen LogP) is 2.00. The Morgan fingerprint density at radius 1 is 1.67 bits per heavy atom. The molecule has 0 radical (unpaired) electrons. The summed E-state index contributed by atoms with van der Waals surface area (Å²) in [7, 11) is 0. The van der Waals surface area contributed by atoms with Crippen molar-refractivity contribution in [2.75, 3.05) is 0 Å². The van der Waals surface area contributed by atoms with Gasteiger partial charge in [0.25, 0.3) is 0 Å². The molecule has 78 valence electrons. The standard InChI is InChI=1S/C10H10N2O2S/c1-7-4-8(6-15-7)5-12-9(10(13)14)2-3-11-12/h2-4,6H,5H2,1H3,(H,13,14). The van der Waals surface area contributed by atoms with Gasteiger partial charge < -0.3 is 5.11 Å². The maximum absolute atomic E-state index is 10.8. The summed E-state index contributed by atoms with van der Waals surface area (Å²) in [4.78, 5) is 12.0. The molecule has 1 N–H and O–H groups in total. The highest BCUT2D eigenvalue weighted by Gasteiger charge is 2.10. The van der Waals surface area contributed by atoms with Crippen LogP contribution in [0.4, 0.5) is 0 Å². The molecule has 4 nitrogen and oxygen atoms in total. The van der Waals surface area contributed by atoms with Crippen LogP contribution in [-0.4, -0.2) is 20.9 Å². The summed E-state index contributed by atoms with van der Waals surface area (Å²) in [6, 6.07) is 3.54. The van der Waals surface area contributed by atoms with Crippen LogP contribution in [0.1, 0.15) is 20.9 Å². The molecule has 2 rings (SSSR count). The van der Waals surface area contributed by atoms with Crippen molar-refractivity contribution in [1.82, 2.24) is 9.78 Å². The summed E-state index contributed by atoms with van der Waals surface area (Å²) in [6.07, 6.45) is 1.50. The Labute approximate surface area is 90.8 Å². The van der Waals surface area contributed by atoms with E-state index < -0.39 is 5.97 Å². The highest BCUT2D eigenvalue weighted by atomic mass is 32.1. The van der Waals surface area contributed by atoms with Crippen molar-refractivity contribution in [3.8, 4) is 0 Å². The topological polar surface area (TPSA) is 55.1 Å². The zero-order valence-corrected chi connectivity index (χ0v) is 8.99. The van der Waals surface area contributed by atoms with Gasteiger partial charge in [-0.2, -0.15) is 5.10 Å². The first-order valence-electron chi connectivity index (χ1n) is 4.46. The molecular weight excluding hydrogens is 212 g/mol. The molecule has 2 aromatic heterocycles. The molecule has 0 saturated heterocycles. The van der Waals surface area contributed by atoms with Gasteiger partial charge in [-0.05, 0) is 30.0 Å². The number of aryl methyl sites for hydroxylation is 1. The first-order valence-corrected chi connectivity index (χ1v) is 5.34. The fourth-order valence-electron chi connectivity index (χ4n) is 1.39. The van der Waals surface area contributed by atoms with Crippen LogP contribution < -0.4 is 0 Å². The zero-order chi connectivity index (χ0) is 10.8. The third kappa shape index (κ3) is 2.07. The van der Waals surface area contributed by atoms with Crippen molar-refractivity contribution < 1.29 is 9.90 Å². The number of carbonyl (C=O) groups is 1. The number of hydrogen-bond acceptors (Lipinski definition) is 3. The van der Waals surface area contributed by atoms with Crippen molar-refractivity contribution in [1.29, 1.82) is 0 Å². The molecule has 15 heavy (non-hydrogen) atoms. The van der Waals surface area contributed by atoms with E-state index in [2.05, 4.69) is 5.10 Å². The van der Waals surface area contributed by atoms with Crippen molar-refractivity contribution in [3.05, 3.63) is 39.8 Å². The lowest BCUT2D eigenvalue weighted by Gasteiger charge is -2.01. The van der Waals surface area contributed by atoms with Gasteiger partial charge in [0.05, 0.1) is 6.54 Å². The molecule has 0 aromatic carbocycles. The first kappa shape index (κ1) is 9.92. The number of hydrogen-bond donors (Lipinski definition) is 1. The van der Waals surface area contributed by atoms with E-state index in [1.807, 2.05) is 18.4 Å². The molecule has 2 heterocycles. The Balaban J connectivity index is 2.24. The first-order chi connectivity index (χ1) is 7.16. The molecule has 0 aliphatic heterocycles. The van der Waals surface area contributed by atoms with Crippen molar-refractivity contribution >= 4 is 17.3 Å². The number of nitrogens with zero attached hydrogens (tertiary/aromatic N) is 2. The Hall–Kier alpha value is -1.62. The van der Waals surface area contributed by atoms with E-state index >= 15 is 0 Å². The van der Waals surface area contributed by atoms with Crippen LogP contribution in [0.5, 0.6) is 0 Å². The second kappa shape index (κ2) is 3.86. The Kier molecular flexibility index (Phi) is 2.55. The lowest BCUT2D eigenvalue weighted by Crippen LogP contribution is -2.10. The van der Waals surface area contributed by atoms with Crippen molar-refractivity contribution in [3.63, 3.8) is 0 Å². The quantitative estimate of drug-likeness (QED) is 0.864. The minimum Gasteiger partial charge on any atom is -0.477 e. The van der Waals surface area contributed by atoms with Crippen LogP contribution in [0.25, 0.3) is 0 Å². The Morgan fingerprint density at radius 2 is 2.47 bits per heavy atom. The van der Waals surface area contributed by atoms with Gasteiger partial charge in [-0.1, -0.05) is 0 Å². The van der Waals surface area contributed by atoms with Gasteiger partial charge in [-0.15, -0.1) is 11.3 Å². The van der Waals surface area contributed by atoms with E-state index in [4.69, 9.17) is 5.11 Å². The molecular formula is C10H10N2O2S. The second-order valence-corrected chi connectivity index (χ2v) is 4.36. The van der Waals surface area contributed by atoms with E-state index in [9.17, 15) is 4.79 Å². The van der Waals surface area contributed by atoms with Gasteiger partial charge in [0.15, 0.2) is 0 Å². The van der Waals surface area contributed by atoms with Gasteiger partial charge >= 0.3 is 5.97 Å². The van der Waals surface area contributed by atoms with E-state index in [1.54, 1.807) is 11.3 Å². The highest BCUT2D eigenvalue weighted by Crippen LogP contribution is 2.14. The van der Waals surface area contributed by atoms with Crippen LogP contribution in [0.15, 0.2) is 23.7 Å². The molecule has 0 bridgehead atoms. The smallest absolute Gasteiger partial charge is 0.354 e. The lowest BCUT2D eigenvalue weighted by molar-refractivity contribution is 0.0684. The van der Waals surface area contributed by atoms with Gasteiger partial charge in [0.2, 0.25) is 0 Å². The second-order valence-electron chi connectivity index (χ2n) is 3.24. The monoisotopic (exact) mass is 222 g/mol. The summed E-state index contributed by atoms with van der Waals surface area (Å²) in [5.74, 6) is -0.945. The third-order valence-corrected chi connectivity index (χ3v) is 2.96. The fourth-order valence-corrected chi connectivity index (χ4v) is 2.09. The largest absolute Gasteiger partial charge is 0.477 e. The molecule has 0 amide bonds. The van der Waals surface area contributed by atoms with E-state index in [-0.39, 0.29) is 5.69 Å². The maximum atomic E-state index is 10.8. The van der Waals surface area contributed by atoms with E-state index in [0.29, 0.717) is 6.54 Å². The minimum atomic E-state index is -0.945. The molecule has 0 spiro atoms. The van der Waals surface area contributed by atoms with Crippen LogP contribution in [0.3, 0.4) is 0 Å². The average molecular weight is 222 g/mol. The molecule has 0 aliphatic carbocycles. The summed E-state index contributed by atoms with van der Waals surface area (Å²) < 4.78 is 1.49. The molecule has 0 unspecified atom stereocenters. The molecule has 0 saturated carbocycles. The van der Waals surface area contributed by atoms with Gasteiger partial charge in [0, 0.05) is 11.1 Å². The van der Waals surface area contributed by atoms with Crippen molar-refractivity contribution in [2.45, 2.75) is 13.5 Å². The zero-order valence-electron chi connectivity index (χ0n) is 8.17. The third-order valence-electron chi connectivity index (χ3n) is 2.05. The number of carboxylic acid groups (broad SMARTS) is 1. The van der Waals surface area contributed by atoms with Crippen LogP contribution in [0.2, 0.25) is 0 Å². The summed E-state index contributed by atoms with van der Waals surface area (Å²) >= 11 is 1.65. The normalized spacial score (nSPS) is 10.5. The van der Waals surface area contributed by atoms with E-state index in [1.165, 1.54) is 21.8 Å². The number of rotatable bonds is 3. The predicted molar refractivity (Wildman–Crippen MR) is 57.3 cm³/mol. The SMILES string of the molecule is Cc1cc(Cn2nccc2C(=O)O)cs1. The molecule has 0 atom stereocenters. The Morgan fingerprint density at radius 3 is 3.07 bits per heavy atom. The Bertz CT molecular complexity index is 487. The molecule has 0 aliphatic rings. The molecule has 5 heteroatoms. The molecule has 0 fully saturated rings. The maximum Gasteiger partial charge on any atom is 0.354 e. The van der Waals surface area contributed by atoms with Crippen LogP contribution in [-0.2, 0) is 6.54 Å². The van der Waals surface area contributed by atoms with Gasteiger partial charge in [-0.25, -0.2) is 4.79 Å². The molecule has 2 aromatic rings. The summed E-state index contributed by atoms with van der Waals surface area (Å²) in [5.41, 5.74) is 1.31. The van der Waals surface area contributed by atoms with Crippen LogP contribution >= 0.6 is 11.3 Å². The fraction of sp³-hybridized carbons (Fsp3) is 0.200. The number of aromatic carboxylic acids is 1. The van der Waals surface area contributed by atoms with Gasteiger partial charge in [-0.3, -0.25) is 4.68 Å². The number of carboxylic acids is 1.